The molecule has 2 amide bonds. The van der Waals surface area contributed by atoms with E-state index in [-0.39, 0.29) is 23.9 Å². The van der Waals surface area contributed by atoms with Gasteiger partial charge in [0.25, 0.3) is 11.8 Å². The molecule has 0 radical (unpaired) electrons. The maximum atomic E-state index is 13.2. The molecule has 12 heteroatoms. The van der Waals surface area contributed by atoms with Crippen molar-refractivity contribution < 1.29 is 18.4 Å². The van der Waals surface area contributed by atoms with Crippen LogP contribution in [-0.2, 0) is 0 Å². The third-order valence-electron chi connectivity index (χ3n) is 8.60. The molecule has 0 spiro atoms. The molecule has 2 aliphatic rings. The standard InChI is InChI=1S/C34H34N8O4/c1-19-29(37-21(3)45-19)33(43)41-15-5-7-27(41)31-35-17-25(39-31)14-11-23-9-12-24(13-10-23)26-18-36-32(40-26)28-8-6-16-42(28)34(44)30-20(2)46-22(4)38-30/h9-10,12-13,17-18,27-28H,5-8,15-16H2,1-4H3,(H,35,39)(H,36,40)/t27-,28-/m0/s1. The zero-order valence-electron chi connectivity index (χ0n) is 26.2. The lowest BCUT2D eigenvalue weighted by Crippen LogP contribution is -2.31. The lowest BCUT2D eigenvalue weighted by molar-refractivity contribution is 0.0715. The minimum atomic E-state index is -0.164. The molecule has 234 valence electrons. The van der Waals surface area contributed by atoms with Gasteiger partial charge in [0.2, 0.25) is 0 Å². The van der Waals surface area contributed by atoms with Gasteiger partial charge in [-0.3, -0.25) is 9.59 Å². The monoisotopic (exact) mass is 618 g/mol. The van der Waals surface area contributed by atoms with Crippen LogP contribution in [0.15, 0.2) is 45.5 Å². The van der Waals surface area contributed by atoms with Crippen molar-refractivity contribution in [2.45, 2.75) is 65.5 Å². The normalized spacial score (nSPS) is 17.8. The van der Waals surface area contributed by atoms with E-state index in [4.69, 9.17) is 8.83 Å². The van der Waals surface area contributed by atoms with E-state index in [1.165, 1.54) is 0 Å². The summed E-state index contributed by atoms with van der Waals surface area (Å²) in [5.41, 5.74) is 4.08. The van der Waals surface area contributed by atoms with Crippen LogP contribution in [0.3, 0.4) is 0 Å². The molecule has 2 fully saturated rings. The Balaban J connectivity index is 1.02. The Morgan fingerprint density at radius 2 is 1.30 bits per heavy atom. The number of aryl methyl sites for hydroxylation is 4. The molecule has 0 saturated carbocycles. The van der Waals surface area contributed by atoms with Gasteiger partial charge in [0.05, 0.1) is 30.2 Å². The Bertz CT molecular complexity index is 1990. The molecule has 6 heterocycles. The highest BCUT2D eigenvalue weighted by molar-refractivity contribution is 5.94. The van der Waals surface area contributed by atoms with E-state index in [1.54, 1.807) is 45.0 Å². The molecule has 2 N–H and O–H groups in total. The largest absolute Gasteiger partial charge is 0.445 e. The lowest BCUT2D eigenvalue weighted by Gasteiger charge is -2.22. The summed E-state index contributed by atoms with van der Waals surface area (Å²) in [7, 11) is 0. The first kappa shape index (κ1) is 29.3. The SMILES string of the molecule is Cc1nc(C(=O)N2CCC[C@H]2c2ncc(C#Cc3ccc(-c4cnc([C@@H]5CCCN5C(=O)c5nc(C)oc5C)[nH]4)cc3)[nH]2)c(C)o1. The molecular weight excluding hydrogens is 584 g/mol. The maximum absolute atomic E-state index is 13.2. The van der Waals surface area contributed by atoms with E-state index < -0.39 is 0 Å². The summed E-state index contributed by atoms with van der Waals surface area (Å²) < 4.78 is 11.0. The fraction of sp³-hybridized carbons (Fsp3) is 0.353. The molecule has 2 atom stereocenters. The van der Waals surface area contributed by atoms with Crippen LogP contribution < -0.4 is 0 Å². The number of H-pyrrole nitrogens is 2. The van der Waals surface area contributed by atoms with Crippen molar-refractivity contribution >= 4 is 11.8 Å². The van der Waals surface area contributed by atoms with Crippen LogP contribution >= 0.6 is 0 Å². The summed E-state index contributed by atoms with van der Waals surface area (Å²) in [4.78, 5) is 54.6. The number of rotatable bonds is 5. The van der Waals surface area contributed by atoms with Crippen LogP contribution in [0.2, 0.25) is 0 Å². The van der Waals surface area contributed by atoms with Gasteiger partial charge in [0.15, 0.2) is 23.2 Å². The molecule has 4 aromatic heterocycles. The summed E-state index contributed by atoms with van der Waals surface area (Å²) in [5, 5.41) is 0. The van der Waals surface area contributed by atoms with Crippen molar-refractivity contribution in [3.8, 4) is 23.1 Å². The Labute approximate surface area is 265 Å². The Kier molecular flexibility index (Phi) is 7.52. The van der Waals surface area contributed by atoms with Gasteiger partial charge in [-0.25, -0.2) is 19.9 Å². The Morgan fingerprint density at radius 1 is 0.761 bits per heavy atom. The number of imidazole rings is 2. The topological polar surface area (TPSA) is 150 Å². The fourth-order valence-corrected chi connectivity index (χ4v) is 6.41. The summed E-state index contributed by atoms with van der Waals surface area (Å²) in [6.45, 7) is 8.29. The molecule has 2 aliphatic heterocycles. The van der Waals surface area contributed by atoms with Gasteiger partial charge in [-0.2, -0.15) is 0 Å². The zero-order valence-corrected chi connectivity index (χ0v) is 26.2. The van der Waals surface area contributed by atoms with E-state index in [9.17, 15) is 9.59 Å². The number of hydrogen-bond acceptors (Lipinski definition) is 8. The number of amides is 2. The van der Waals surface area contributed by atoms with Crippen LogP contribution in [0, 0.1) is 39.5 Å². The molecule has 46 heavy (non-hydrogen) atoms. The molecule has 7 rings (SSSR count). The van der Waals surface area contributed by atoms with Crippen molar-refractivity contribution in [3.63, 3.8) is 0 Å². The highest BCUT2D eigenvalue weighted by Gasteiger charge is 2.36. The molecule has 0 unspecified atom stereocenters. The minimum Gasteiger partial charge on any atom is -0.445 e. The first-order valence-corrected chi connectivity index (χ1v) is 15.5. The molecule has 1 aromatic carbocycles. The van der Waals surface area contributed by atoms with Crippen molar-refractivity contribution in [2.75, 3.05) is 13.1 Å². The smallest absolute Gasteiger partial charge is 0.276 e. The summed E-state index contributed by atoms with van der Waals surface area (Å²) >= 11 is 0. The number of nitrogens with one attached hydrogen (secondary N) is 2. The van der Waals surface area contributed by atoms with Crippen LogP contribution in [0.4, 0.5) is 0 Å². The van der Waals surface area contributed by atoms with E-state index in [0.717, 1.165) is 48.3 Å². The second-order valence-corrected chi connectivity index (χ2v) is 11.8. The summed E-state index contributed by atoms with van der Waals surface area (Å²) in [5.74, 6) is 9.58. The van der Waals surface area contributed by atoms with Crippen LogP contribution in [0.5, 0.6) is 0 Å². The van der Waals surface area contributed by atoms with Crippen molar-refractivity contribution in [3.05, 3.63) is 94.3 Å². The number of carbonyl (C=O) groups is 2. The highest BCUT2D eigenvalue weighted by atomic mass is 16.4. The van der Waals surface area contributed by atoms with Gasteiger partial charge in [0.1, 0.15) is 28.9 Å². The average molecular weight is 619 g/mol. The van der Waals surface area contributed by atoms with E-state index >= 15 is 0 Å². The zero-order chi connectivity index (χ0) is 31.9. The highest BCUT2D eigenvalue weighted by Crippen LogP contribution is 2.34. The quantitative estimate of drug-likeness (QED) is 0.250. The lowest BCUT2D eigenvalue weighted by atomic mass is 10.1. The molecule has 0 bridgehead atoms. The number of hydrogen-bond donors (Lipinski definition) is 2. The number of aromatic amines is 2. The van der Waals surface area contributed by atoms with Crippen molar-refractivity contribution in [2.24, 2.45) is 0 Å². The number of oxazole rings is 2. The Hall–Kier alpha value is -5.44. The molecule has 2 saturated heterocycles. The number of likely N-dealkylation sites (tertiary alicyclic amines) is 2. The maximum Gasteiger partial charge on any atom is 0.276 e. The van der Waals surface area contributed by atoms with E-state index in [2.05, 4.69) is 41.7 Å². The average Bonchev–Trinajstić information content (AvgIpc) is 3.88. The van der Waals surface area contributed by atoms with Crippen LogP contribution in [0.1, 0.15) is 105 Å². The third-order valence-corrected chi connectivity index (χ3v) is 8.60. The number of carbonyl (C=O) groups excluding carboxylic acids is 2. The molecule has 5 aromatic rings. The van der Waals surface area contributed by atoms with Crippen molar-refractivity contribution in [1.29, 1.82) is 0 Å². The van der Waals surface area contributed by atoms with E-state index in [0.29, 0.717) is 59.3 Å². The van der Waals surface area contributed by atoms with Gasteiger partial charge in [-0.1, -0.05) is 18.1 Å². The van der Waals surface area contributed by atoms with Gasteiger partial charge < -0.3 is 28.6 Å². The number of aromatic nitrogens is 6. The number of nitrogens with zero attached hydrogens (tertiary/aromatic N) is 6. The molecular formula is C34H34N8O4. The summed E-state index contributed by atoms with van der Waals surface area (Å²) in [6.07, 6.45) is 6.93. The van der Waals surface area contributed by atoms with Gasteiger partial charge in [-0.15, -0.1) is 0 Å². The Morgan fingerprint density at radius 3 is 1.85 bits per heavy atom. The third kappa shape index (κ3) is 5.49. The van der Waals surface area contributed by atoms with Crippen molar-refractivity contribution in [1.82, 2.24) is 39.7 Å². The van der Waals surface area contributed by atoms with Gasteiger partial charge in [-0.05, 0) is 63.1 Å². The fourth-order valence-electron chi connectivity index (χ4n) is 6.41. The predicted octanol–water partition coefficient (Wildman–Crippen LogP) is 5.36. The minimum absolute atomic E-state index is 0.132. The first-order chi connectivity index (χ1) is 22.2. The van der Waals surface area contributed by atoms with Crippen LogP contribution in [-0.4, -0.2) is 64.6 Å². The van der Waals surface area contributed by atoms with Gasteiger partial charge >= 0.3 is 0 Å². The molecule has 12 nitrogen and oxygen atoms in total. The first-order valence-electron chi connectivity index (χ1n) is 15.5. The second-order valence-electron chi connectivity index (χ2n) is 11.8. The van der Waals surface area contributed by atoms with E-state index in [1.807, 2.05) is 29.2 Å². The summed E-state index contributed by atoms with van der Waals surface area (Å²) in [6, 6.07) is 7.60. The predicted molar refractivity (Wildman–Crippen MR) is 167 cm³/mol. The second kappa shape index (κ2) is 11.8. The van der Waals surface area contributed by atoms with Gasteiger partial charge in [0, 0.05) is 32.5 Å². The number of benzene rings is 1. The molecule has 0 aliphatic carbocycles. The van der Waals surface area contributed by atoms with Crippen LogP contribution in [0.25, 0.3) is 11.3 Å².